The van der Waals surface area contributed by atoms with Crippen molar-refractivity contribution in [1.29, 1.82) is 0 Å². The molecule has 3 heterocycles. The molecule has 1 saturated heterocycles. The molecule has 1 aliphatic heterocycles. The second-order valence-corrected chi connectivity index (χ2v) is 9.45. The fourth-order valence-corrected chi connectivity index (χ4v) is 5.12. The molecule has 2 aromatic carbocycles. The number of pyridine rings is 1. The average Bonchev–Trinajstić information content (AvgIpc) is 3.40. The number of furan rings is 1. The Morgan fingerprint density at radius 1 is 1.03 bits per heavy atom. The van der Waals surface area contributed by atoms with E-state index in [1.165, 1.54) is 5.56 Å². The quantitative estimate of drug-likeness (QED) is 0.313. The number of anilines is 1. The Bertz CT molecular complexity index is 1240. The molecule has 1 aliphatic rings. The third kappa shape index (κ3) is 4.26. The lowest BCUT2D eigenvalue weighted by Gasteiger charge is -2.26. The summed E-state index contributed by atoms with van der Waals surface area (Å²) >= 11 is 13.3. The number of aryl methyl sites for hydroxylation is 1. The number of nitrogens with one attached hydrogen (secondary N) is 1. The van der Waals surface area contributed by atoms with Crippen LogP contribution in [0.15, 0.2) is 99.5 Å². The summed E-state index contributed by atoms with van der Waals surface area (Å²) in [5, 5.41) is 5.64. The number of hydrogen-bond acceptors (Lipinski definition) is 4. The van der Waals surface area contributed by atoms with Crippen molar-refractivity contribution in [1.82, 2.24) is 10.3 Å². The Morgan fingerprint density at radius 3 is 2.62 bits per heavy atom. The van der Waals surface area contributed by atoms with Crippen molar-refractivity contribution in [2.75, 3.05) is 4.90 Å². The van der Waals surface area contributed by atoms with Crippen LogP contribution in [0.3, 0.4) is 0 Å². The normalized spacial score (nSPS) is 18.1. The van der Waals surface area contributed by atoms with Crippen molar-refractivity contribution in [3.05, 3.63) is 107 Å². The van der Waals surface area contributed by atoms with Gasteiger partial charge in [0.15, 0.2) is 10.2 Å². The molecule has 7 heteroatoms. The first-order valence-electron chi connectivity index (χ1n) is 10.2. The van der Waals surface area contributed by atoms with Gasteiger partial charge in [-0.05, 0) is 85.4 Å². The zero-order chi connectivity index (χ0) is 22.1. The highest BCUT2D eigenvalue weighted by Crippen LogP contribution is 2.43. The number of rotatable bonds is 5. The predicted molar refractivity (Wildman–Crippen MR) is 133 cm³/mol. The molecular formula is C25H20ClN3OS2. The second kappa shape index (κ2) is 8.98. The monoisotopic (exact) mass is 477 g/mol. The van der Waals surface area contributed by atoms with E-state index in [0.29, 0.717) is 10.1 Å². The smallest absolute Gasteiger partial charge is 0.174 e. The zero-order valence-corrected chi connectivity index (χ0v) is 19.6. The minimum absolute atomic E-state index is 0.135. The van der Waals surface area contributed by atoms with Crippen molar-refractivity contribution in [2.24, 2.45) is 0 Å². The average molecular weight is 478 g/mol. The molecule has 1 N–H and O–H groups in total. The summed E-state index contributed by atoms with van der Waals surface area (Å²) in [5.74, 6) is 0.825. The Kier molecular flexibility index (Phi) is 5.91. The molecule has 0 aliphatic carbocycles. The van der Waals surface area contributed by atoms with Crippen molar-refractivity contribution < 1.29 is 4.42 Å². The highest BCUT2D eigenvalue weighted by atomic mass is 35.5. The number of benzene rings is 2. The Hall–Kier alpha value is -2.80. The van der Waals surface area contributed by atoms with Gasteiger partial charge in [-0.1, -0.05) is 41.6 Å². The molecule has 5 rings (SSSR count). The molecule has 1 fully saturated rings. The van der Waals surface area contributed by atoms with Gasteiger partial charge in [-0.2, -0.15) is 0 Å². The lowest BCUT2D eigenvalue weighted by molar-refractivity contribution is 0.383. The summed E-state index contributed by atoms with van der Waals surface area (Å²) in [7, 11) is 0. The van der Waals surface area contributed by atoms with E-state index in [-0.39, 0.29) is 12.1 Å². The minimum Gasteiger partial charge on any atom is -0.452 e. The van der Waals surface area contributed by atoms with Gasteiger partial charge in [0.25, 0.3) is 0 Å². The maximum Gasteiger partial charge on any atom is 0.174 e. The van der Waals surface area contributed by atoms with Crippen LogP contribution in [0.1, 0.15) is 29.1 Å². The fourth-order valence-electron chi connectivity index (χ4n) is 3.87. The third-order valence-electron chi connectivity index (χ3n) is 5.30. The van der Waals surface area contributed by atoms with E-state index in [1.54, 1.807) is 18.0 Å². The molecule has 0 spiro atoms. The Morgan fingerprint density at radius 2 is 1.88 bits per heavy atom. The summed E-state index contributed by atoms with van der Waals surface area (Å²) in [6, 6.07) is 25.7. The Balaban J connectivity index is 1.53. The van der Waals surface area contributed by atoms with E-state index in [9.17, 15) is 0 Å². The summed E-state index contributed by atoms with van der Waals surface area (Å²) in [5.41, 5.74) is 3.11. The number of nitrogens with zero attached hydrogens (tertiary/aromatic N) is 2. The SMILES string of the molecule is Cc1cccc(N2C(=S)N[C@@H](c3ccccn3)[C@H]2c2ccc(Sc3ccc(Cl)cc3)o2)c1. The number of aromatic nitrogens is 1. The molecule has 160 valence electrons. The van der Waals surface area contributed by atoms with Crippen LogP contribution < -0.4 is 10.2 Å². The van der Waals surface area contributed by atoms with Crippen LogP contribution in [0.2, 0.25) is 5.02 Å². The first-order chi connectivity index (χ1) is 15.6. The first-order valence-corrected chi connectivity index (χ1v) is 11.8. The number of hydrogen-bond donors (Lipinski definition) is 1. The van der Waals surface area contributed by atoms with E-state index < -0.39 is 0 Å². The molecule has 0 radical (unpaired) electrons. The number of thiocarbonyl (C=S) groups is 1. The lowest BCUT2D eigenvalue weighted by atomic mass is 10.0. The Labute approximate surface area is 201 Å². The predicted octanol–water partition coefficient (Wildman–Crippen LogP) is 6.96. The van der Waals surface area contributed by atoms with Gasteiger partial charge in [-0.25, -0.2) is 0 Å². The molecule has 4 aromatic rings. The van der Waals surface area contributed by atoms with Gasteiger partial charge in [0.2, 0.25) is 0 Å². The van der Waals surface area contributed by atoms with Crippen molar-refractivity contribution in [3.8, 4) is 0 Å². The van der Waals surface area contributed by atoms with E-state index in [1.807, 2.05) is 60.7 Å². The number of halogens is 1. The topological polar surface area (TPSA) is 41.3 Å². The van der Waals surface area contributed by atoms with Crippen molar-refractivity contribution >= 4 is 46.4 Å². The molecular weight excluding hydrogens is 458 g/mol. The van der Waals surface area contributed by atoms with Gasteiger partial charge in [0.05, 0.1) is 11.7 Å². The lowest BCUT2D eigenvalue weighted by Crippen LogP contribution is -2.29. The van der Waals surface area contributed by atoms with E-state index in [4.69, 9.17) is 28.2 Å². The van der Waals surface area contributed by atoms with Gasteiger partial charge >= 0.3 is 0 Å². The van der Waals surface area contributed by atoms with Crippen LogP contribution in [0, 0.1) is 6.92 Å². The van der Waals surface area contributed by atoms with Crippen LogP contribution in [0.4, 0.5) is 5.69 Å². The largest absolute Gasteiger partial charge is 0.452 e. The van der Waals surface area contributed by atoms with E-state index in [2.05, 4.69) is 40.3 Å². The van der Waals surface area contributed by atoms with Crippen LogP contribution in [-0.4, -0.2) is 10.1 Å². The van der Waals surface area contributed by atoms with Crippen LogP contribution in [0.5, 0.6) is 0 Å². The van der Waals surface area contributed by atoms with Crippen molar-refractivity contribution in [2.45, 2.75) is 29.0 Å². The van der Waals surface area contributed by atoms with Gasteiger partial charge in [-0.3, -0.25) is 4.98 Å². The third-order valence-corrected chi connectivity index (χ3v) is 6.80. The van der Waals surface area contributed by atoms with Crippen LogP contribution in [-0.2, 0) is 0 Å². The van der Waals surface area contributed by atoms with Crippen LogP contribution >= 0.6 is 35.6 Å². The minimum atomic E-state index is -0.168. The van der Waals surface area contributed by atoms with Gasteiger partial charge in [0, 0.05) is 21.8 Å². The van der Waals surface area contributed by atoms with Gasteiger partial charge in [-0.15, -0.1) is 0 Å². The van der Waals surface area contributed by atoms with E-state index >= 15 is 0 Å². The second-order valence-electron chi connectivity index (χ2n) is 7.55. The highest BCUT2D eigenvalue weighted by Gasteiger charge is 2.42. The maximum absolute atomic E-state index is 6.34. The molecule has 4 nitrogen and oxygen atoms in total. The summed E-state index contributed by atoms with van der Waals surface area (Å²) in [4.78, 5) is 7.78. The van der Waals surface area contributed by atoms with Gasteiger partial charge < -0.3 is 14.6 Å². The maximum atomic E-state index is 6.34. The van der Waals surface area contributed by atoms with Crippen LogP contribution in [0.25, 0.3) is 0 Å². The first kappa shape index (κ1) is 21.1. The summed E-state index contributed by atoms with van der Waals surface area (Å²) < 4.78 is 6.34. The fraction of sp³-hybridized carbons (Fsp3) is 0.120. The molecule has 0 bridgehead atoms. The summed E-state index contributed by atoms with van der Waals surface area (Å²) in [6.45, 7) is 2.08. The molecule has 0 unspecified atom stereocenters. The molecule has 32 heavy (non-hydrogen) atoms. The zero-order valence-electron chi connectivity index (χ0n) is 17.2. The summed E-state index contributed by atoms with van der Waals surface area (Å²) in [6.07, 6.45) is 1.80. The molecule has 0 amide bonds. The van der Waals surface area contributed by atoms with Crippen molar-refractivity contribution in [3.63, 3.8) is 0 Å². The molecule has 2 atom stereocenters. The molecule has 2 aromatic heterocycles. The highest BCUT2D eigenvalue weighted by molar-refractivity contribution is 7.99. The van der Waals surface area contributed by atoms with Gasteiger partial charge in [0.1, 0.15) is 11.8 Å². The standard InChI is InChI=1S/C25H20ClN3OS2/c1-16-5-4-6-18(15-16)29-24(23(28-25(29)31)20-7-2-3-14-27-20)21-12-13-22(30-21)32-19-10-8-17(26)9-11-19/h2-15,23-24H,1H3,(H,28,31)/t23-,24+/m0/s1. The molecule has 0 saturated carbocycles. The van der Waals surface area contributed by atoms with E-state index in [0.717, 1.165) is 27.1 Å².